The minimum atomic E-state index is -0.442. The number of benzene rings is 1. The largest absolute Gasteiger partial charge is 0.327 e. The van der Waals surface area contributed by atoms with E-state index >= 15 is 0 Å². The molecule has 1 aromatic heterocycles. The zero-order chi connectivity index (χ0) is 16.6. The minimum Gasteiger partial charge on any atom is -0.327 e. The highest BCUT2D eigenvalue weighted by atomic mass is 35.5. The van der Waals surface area contributed by atoms with Gasteiger partial charge in [0.1, 0.15) is 5.82 Å². The Hall–Kier alpha value is -1.21. The van der Waals surface area contributed by atoms with Gasteiger partial charge in [0.05, 0.1) is 22.6 Å². The highest BCUT2D eigenvalue weighted by Gasteiger charge is 2.33. The third-order valence-electron chi connectivity index (χ3n) is 4.49. The SMILES string of the molecule is CC1(C)CN(Cc2cn(-c3ccc(F)c(Cl)c3)nn2)CCC1N.Cl. The highest BCUT2D eigenvalue weighted by molar-refractivity contribution is 6.30. The van der Waals surface area contributed by atoms with Crippen molar-refractivity contribution in [3.8, 4) is 5.69 Å². The van der Waals surface area contributed by atoms with E-state index in [1.807, 2.05) is 6.20 Å². The lowest BCUT2D eigenvalue weighted by molar-refractivity contribution is 0.0889. The Morgan fingerprint density at radius 2 is 2.17 bits per heavy atom. The molecule has 0 aliphatic carbocycles. The van der Waals surface area contributed by atoms with Gasteiger partial charge in [-0.15, -0.1) is 17.5 Å². The van der Waals surface area contributed by atoms with Crippen molar-refractivity contribution >= 4 is 24.0 Å². The summed E-state index contributed by atoms with van der Waals surface area (Å²) < 4.78 is 14.9. The summed E-state index contributed by atoms with van der Waals surface area (Å²) in [5, 5.41) is 8.39. The van der Waals surface area contributed by atoms with Crippen molar-refractivity contribution in [2.24, 2.45) is 11.1 Å². The lowest BCUT2D eigenvalue weighted by Gasteiger charge is -2.42. The zero-order valence-corrected chi connectivity index (χ0v) is 15.3. The van der Waals surface area contributed by atoms with Gasteiger partial charge in [0, 0.05) is 25.7 Å². The molecule has 132 valence electrons. The number of aromatic nitrogens is 3. The number of rotatable bonds is 3. The van der Waals surface area contributed by atoms with E-state index in [0.717, 1.165) is 31.7 Å². The fourth-order valence-corrected chi connectivity index (χ4v) is 3.15. The lowest BCUT2D eigenvalue weighted by Crippen LogP contribution is -2.52. The van der Waals surface area contributed by atoms with Gasteiger partial charge in [-0.3, -0.25) is 4.90 Å². The molecule has 1 aliphatic rings. The molecule has 2 aromatic rings. The summed E-state index contributed by atoms with van der Waals surface area (Å²) in [5.41, 5.74) is 7.83. The summed E-state index contributed by atoms with van der Waals surface area (Å²) in [7, 11) is 0. The predicted octanol–water partition coefficient (Wildman–Crippen LogP) is 3.04. The van der Waals surface area contributed by atoms with Crippen LogP contribution in [0.5, 0.6) is 0 Å². The number of hydrogen-bond donors (Lipinski definition) is 1. The summed E-state index contributed by atoms with van der Waals surface area (Å²) in [6.45, 7) is 7.01. The maximum absolute atomic E-state index is 13.2. The van der Waals surface area contributed by atoms with Crippen LogP contribution in [0.2, 0.25) is 5.02 Å². The maximum atomic E-state index is 13.2. The van der Waals surface area contributed by atoms with Gasteiger partial charge in [0.2, 0.25) is 0 Å². The molecule has 1 unspecified atom stereocenters. The van der Waals surface area contributed by atoms with Crippen LogP contribution in [-0.2, 0) is 6.54 Å². The molecule has 1 atom stereocenters. The Morgan fingerprint density at radius 3 is 2.83 bits per heavy atom. The van der Waals surface area contributed by atoms with Crippen molar-refractivity contribution in [2.75, 3.05) is 13.1 Å². The van der Waals surface area contributed by atoms with Crippen molar-refractivity contribution in [3.63, 3.8) is 0 Å². The summed E-state index contributed by atoms with van der Waals surface area (Å²) in [5.74, 6) is -0.442. The number of piperidine rings is 1. The molecular weight excluding hydrogens is 352 g/mol. The van der Waals surface area contributed by atoms with Gasteiger partial charge in [-0.2, -0.15) is 0 Å². The van der Waals surface area contributed by atoms with Gasteiger partial charge in [0.25, 0.3) is 0 Å². The van der Waals surface area contributed by atoms with Crippen molar-refractivity contribution in [1.29, 1.82) is 0 Å². The molecule has 1 aromatic carbocycles. The van der Waals surface area contributed by atoms with E-state index in [9.17, 15) is 4.39 Å². The molecular formula is C16H22Cl2FN5. The number of nitrogens with zero attached hydrogens (tertiary/aromatic N) is 4. The lowest BCUT2D eigenvalue weighted by atomic mass is 9.80. The molecule has 1 saturated heterocycles. The molecule has 0 saturated carbocycles. The van der Waals surface area contributed by atoms with Gasteiger partial charge in [-0.1, -0.05) is 30.7 Å². The quantitative estimate of drug-likeness (QED) is 0.897. The van der Waals surface area contributed by atoms with E-state index in [1.165, 1.54) is 6.07 Å². The average Bonchev–Trinajstić information content (AvgIpc) is 2.94. The molecule has 0 radical (unpaired) electrons. The van der Waals surface area contributed by atoms with Crippen LogP contribution in [0.4, 0.5) is 4.39 Å². The molecule has 1 aliphatic heterocycles. The smallest absolute Gasteiger partial charge is 0.141 e. The van der Waals surface area contributed by atoms with Crippen LogP contribution in [0.3, 0.4) is 0 Å². The Balaban J connectivity index is 0.00000208. The molecule has 24 heavy (non-hydrogen) atoms. The summed E-state index contributed by atoms with van der Waals surface area (Å²) >= 11 is 5.81. The fourth-order valence-electron chi connectivity index (χ4n) is 2.97. The second-order valence-electron chi connectivity index (χ2n) is 6.85. The summed E-state index contributed by atoms with van der Waals surface area (Å²) in [6, 6.07) is 4.73. The van der Waals surface area contributed by atoms with E-state index in [2.05, 4.69) is 29.1 Å². The van der Waals surface area contributed by atoms with Crippen LogP contribution in [0.1, 0.15) is 26.0 Å². The molecule has 5 nitrogen and oxygen atoms in total. The number of hydrogen-bond acceptors (Lipinski definition) is 4. The van der Waals surface area contributed by atoms with Gasteiger partial charge in [0.15, 0.2) is 0 Å². The molecule has 3 rings (SSSR count). The Labute approximate surface area is 152 Å². The second-order valence-corrected chi connectivity index (χ2v) is 7.25. The normalized spacial score (nSPS) is 20.6. The van der Waals surface area contributed by atoms with Crippen molar-refractivity contribution < 1.29 is 4.39 Å². The van der Waals surface area contributed by atoms with Crippen LogP contribution in [0, 0.1) is 11.2 Å². The third-order valence-corrected chi connectivity index (χ3v) is 4.78. The monoisotopic (exact) mass is 373 g/mol. The highest BCUT2D eigenvalue weighted by Crippen LogP contribution is 2.28. The first-order valence-corrected chi connectivity index (χ1v) is 8.07. The Kier molecular flexibility index (Phi) is 5.86. The van der Waals surface area contributed by atoms with Crippen LogP contribution in [-0.4, -0.2) is 39.0 Å². The fraction of sp³-hybridized carbons (Fsp3) is 0.500. The summed E-state index contributed by atoms with van der Waals surface area (Å²) in [4.78, 5) is 2.34. The first kappa shape index (κ1) is 19.1. The van der Waals surface area contributed by atoms with Gasteiger partial charge in [-0.05, 0) is 30.0 Å². The molecule has 0 bridgehead atoms. The van der Waals surface area contributed by atoms with E-state index < -0.39 is 5.82 Å². The van der Waals surface area contributed by atoms with Crippen molar-refractivity contribution in [1.82, 2.24) is 19.9 Å². The third kappa shape index (κ3) is 4.06. The van der Waals surface area contributed by atoms with Crippen molar-refractivity contribution in [2.45, 2.75) is 32.9 Å². The first-order valence-electron chi connectivity index (χ1n) is 7.70. The molecule has 2 heterocycles. The van der Waals surface area contributed by atoms with Crippen molar-refractivity contribution in [3.05, 3.63) is 40.9 Å². The van der Waals surface area contributed by atoms with Gasteiger partial charge >= 0.3 is 0 Å². The van der Waals surface area contributed by atoms with Gasteiger partial charge in [-0.25, -0.2) is 9.07 Å². The number of halogens is 3. The molecule has 2 N–H and O–H groups in total. The maximum Gasteiger partial charge on any atom is 0.141 e. The van der Waals surface area contributed by atoms with E-state index in [0.29, 0.717) is 5.69 Å². The average molecular weight is 374 g/mol. The molecule has 0 amide bonds. The molecule has 0 spiro atoms. The van der Waals surface area contributed by atoms with Crippen LogP contribution in [0.15, 0.2) is 24.4 Å². The molecule has 1 fully saturated rings. The number of likely N-dealkylation sites (tertiary alicyclic amines) is 1. The van der Waals surface area contributed by atoms with Crippen LogP contribution in [0.25, 0.3) is 5.69 Å². The van der Waals surface area contributed by atoms with E-state index in [4.69, 9.17) is 17.3 Å². The molecule has 8 heteroatoms. The van der Waals surface area contributed by atoms with Crippen LogP contribution >= 0.6 is 24.0 Å². The van der Waals surface area contributed by atoms with Crippen LogP contribution < -0.4 is 5.73 Å². The minimum absolute atomic E-state index is 0. The summed E-state index contributed by atoms with van der Waals surface area (Å²) in [6.07, 6.45) is 2.83. The predicted molar refractivity (Wildman–Crippen MR) is 95.2 cm³/mol. The Bertz CT molecular complexity index is 704. The standard InChI is InChI=1S/C16H21ClFN5.ClH/c1-16(2)10-22(6-5-15(16)19)8-11-9-23(21-20-11)12-3-4-14(18)13(17)7-12;/h3-4,7,9,15H,5-6,8,10,19H2,1-2H3;1H. The number of nitrogens with two attached hydrogens (primary N) is 1. The zero-order valence-electron chi connectivity index (χ0n) is 13.7. The first-order chi connectivity index (χ1) is 10.8. The second kappa shape index (κ2) is 7.35. The topological polar surface area (TPSA) is 60.0 Å². The Morgan fingerprint density at radius 1 is 1.42 bits per heavy atom. The van der Waals surface area contributed by atoms with E-state index in [-0.39, 0.29) is 28.9 Å². The van der Waals surface area contributed by atoms with Gasteiger partial charge < -0.3 is 5.73 Å². The van der Waals surface area contributed by atoms with E-state index in [1.54, 1.807) is 16.8 Å².